The minimum atomic E-state index is -0.479. The van der Waals surface area contributed by atoms with E-state index in [2.05, 4.69) is 0 Å². The van der Waals surface area contributed by atoms with E-state index in [1.807, 2.05) is 19.1 Å². The number of rotatable bonds is 2. The molecule has 0 aromatic heterocycles. The van der Waals surface area contributed by atoms with Crippen LogP contribution >= 0.6 is 11.6 Å². The second-order valence-corrected chi connectivity index (χ2v) is 4.84. The third-order valence-electron chi connectivity index (χ3n) is 2.91. The zero-order valence-corrected chi connectivity index (χ0v) is 10.4. The second-order valence-electron chi connectivity index (χ2n) is 4.40. The molecule has 17 heavy (non-hydrogen) atoms. The Labute approximate surface area is 105 Å². The monoisotopic (exact) mass is 254 g/mol. The number of morpholine rings is 1. The van der Waals surface area contributed by atoms with Gasteiger partial charge in [-0.05, 0) is 31.2 Å². The van der Waals surface area contributed by atoms with Crippen molar-refractivity contribution in [3.05, 3.63) is 29.3 Å². The number of benzene rings is 1. The molecule has 0 saturated carbocycles. The van der Waals surface area contributed by atoms with Crippen LogP contribution in [-0.4, -0.2) is 31.2 Å². The van der Waals surface area contributed by atoms with Gasteiger partial charge in [0, 0.05) is 17.3 Å². The van der Waals surface area contributed by atoms with Gasteiger partial charge in [-0.1, -0.05) is 11.6 Å². The standard InChI is InChI=1S/C12H15ClN2O2/c1-12(7-14)8-15(11(16)6-17-12)10-4-2-9(13)3-5-10/h2-5H,6-8,14H2,1H3. The Balaban J connectivity index is 2.24. The molecule has 1 aliphatic rings. The third kappa shape index (κ3) is 2.60. The van der Waals surface area contributed by atoms with Crippen LogP contribution in [0.4, 0.5) is 5.69 Å². The first-order valence-electron chi connectivity index (χ1n) is 5.44. The molecular formula is C12H15ClN2O2. The molecule has 1 amide bonds. The number of carbonyl (C=O) groups is 1. The van der Waals surface area contributed by atoms with Gasteiger partial charge in [-0.25, -0.2) is 0 Å². The van der Waals surface area contributed by atoms with Crippen LogP contribution in [0.15, 0.2) is 24.3 Å². The predicted molar refractivity (Wildman–Crippen MR) is 67.2 cm³/mol. The van der Waals surface area contributed by atoms with Gasteiger partial charge in [-0.3, -0.25) is 4.79 Å². The van der Waals surface area contributed by atoms with E-state index in [0.29, 0.717) is 18.1 Å². The molecule has 0 spiro atoms. The Kier molecular flexibility index (Phi) is 3.38. The maximum Gasteiger partial charge on any atom is 0.253 e. The van der Waals surface area contributed by atoms with Gasteiger partial charge >= 0.3 is 0 Å². The Morgan fingerprint density at radius 2 is 2.12 bits per heavy atom. The molecule has 92 valence electrons. The number of amides is 1. The van der Waals surface area contributed by atoms with Crippen molar-refractivity contribution in [1.82, 2.24) is 0 Å². The van der Waals surface area contributed by atoms with Gasteiger partial charge < -0.3 is 15.4 Å². The van der Waals surface area contributed by atoms with E-state index < -0.39 is 5.60 Å². The van der Waals surface area contributed by atoms with Gasteiger partial charge in [-0.15, -0.1) is 0 Å². The Bertz CT molecular complexity index is 421. The highest BCUT2D eigenvalue weighted by molar-refractivity contribution is 6.30. The molecule has 4 nitrogen and oxygen atoms in total. The summed E-state index contributed by atoms with van der Waals surface area (Å²) < 4.78 is 5.46. The predicted octanol–water partition coefficient (Wildman–Crippen LogP) is 1.42. The smallest absolute Gasteiger partial charge is 0.253 e. The van der Waals surface area contributed by atoms with Crippen molar-refractivity contribution in [3.8, 4) is 0 Å². The van der Waals surface area contributed by atoms with Gasteiger partial charge in [-0.2, -0.15) is 0 Å². The maximum atomic E-state index is 11.8. The lowest BCUT2D eigenvalue weighted by molar-refractivity contribution is -0.135. The van der Waals surface area contributed by atoms with E-state index in [-0.39, 0.29) is 12.5 Å². The van der Waals surface area contributed by atoms with E-state index in [4.69, 9.17) is 22.1 Å². The topological polar surface area (TPSA) is 55.6 Å². The van der Waals surface area contributed by atoms with Crippen LogP contribution in [0, 0.1) is 0 Å². The van der Waals surface area contributed by atoms with Crippen molar-refractivity contribution in [1.29, 1.82) is 0 Å². The van der Waals surface area contributed by atoms with Crippen molar-refractivity contribution in [3.63, 3.8) is 0 Å². The van der Waals surface area contributed by atoms with Crippen LogP contribution < -0.4 is 10.6 Å². The molecule has 5 heteroatoms. The number of ether oxygens (including phenoxy) is 1. The number of halogens is 1. The van der Waals surface area contributed by atoms with Crippen LogP contribution in [0.25, 0.3) is 0 Å². The first-order chi connectivity index (χ1) is 8.04. The molecule has 1 atom stereocenters. The number of nitrogens with zero attached hydrogens (tertiary/aromatic N) is 1. The zero-order chi connectivity index (χ0) is 12.5. The van der Waals surface area contributed by atoms with E-state index in [9.17, 15) is 4.79 Å². The van der Waals surface area contributed by atoms with Gasteiger partial charge in [0.05, 0.1) is 12.1 Å². The Morgan fingerprint density at radius 1 is 1.47 bits per heavy atom. The third-order valence-corrected chi connectivity index (χ3v) is 3.16. The molecule has 0 bridgehead atoms. The molecular weight excluding hydrogens is 240 g/mol. The summed E-state index contributed by atoms with van der Waals surface area (Å²) in [4.78, 5) is 13.5. The number of nitrogens with two attached hydrogens (primary N) is 1. The summed E-state index contributed by atoms with van der Waals surface area (Å²) in [5, 5.41) is 0.649. The van der Waals surface area contributed by atoms with E-state index in [1.54, 1.807) is 17.0 Å². The first kappa shape index (κ1) is 12.4. The molecule has 1 aromatic carbocycles. The summed E-state index contributed by atoms with van der Waals surface area (Å²) in [6.45, 7) is 2.81. The van der Waals surface area contributed by atoms with Crippen LogP contribution in [0.1, 0.15) is 6.92 Å². The zero-order valence-electron chi connectivity index (χ0n) is 9.65. The van der Waals surface area contributed by atoms with Crippen LogP contribution in [0.2, 0.25) is 5.02 Å². The Hall–Kier alpha value is -1.10. The van der Waals surface area contributed by atoms with E-state index in [0.717, 1.165) is 5.69 Å². The minimum absolute atomic E-state index is 0.0572. The molecule has 0 radical (unpaired) electrons. The van der Waals surface area contributed by atoms with Gasteiger partial charge in [0.2, 0.25) is 0 Å². The molecule has 2 N–H and O–H groups in total. The van der Waals surface area contributed by atoms with Gasteiger partial charge in [0.25, 0.3) is 5.91 Å². The number of carbonyl (C=O) groups excluding carboxylic acids is 1. The highest BCUT2D eigenvalue weighted by Crippen LogP contribution is 2.24. The molecule has 1 aromatic rings. The van der Waals surface area contributed by atoms with Crippen LogP contribution in [-0.2, 0) is 9.53 Å². The van der Waals surface area contributed by atoms with Crippen molar-refractivity contribution >= 4 is 23.2 Å². The average Bonchev–Trinajstić information content (AvgIpc) is 2.34. The fourth-order valence-corrected chi connectivity index (χ4v) is 1.89. The van der Waals surface area contributed by atoms with Gasteiger partial charge in [0.1, 0.15) is 6.61 Å². The molecule has 2 rings (SSSR count). The fraction of sp³-hybridized carbons (Fsp3) is 0.417. The SMILES string of the molecule is CC1(CN)CN(c2ccc(Cl)cc2)C(=O)CO1. The summed E-state index contributed by atoms with van der Waals surface area (Å²) in [6, 6.07) is 7.17. The lowest BCUT2D eigenvalue weighted by atomic mass is 10.0. The van der Waals surface area contributed by atoms with Crippen molar-refractivity contribution in [2.24, 2.45) is 5.73 Å². The molecule has 0 aliphatic carbocycles. The fourth-order valence-electron chi connectivity index (χ4n) is 1.76. The largest absolute Gasteiger partial charge is 0.362 e. The van der Waals surface area contributed by atoms with Gasteiger partial charge in [0.15, 0.2) is 0 Å². The lowest BCUT2D eigenvalue weighted by Gasteiger charge is -2.39. The quantitative estimate of drug-likeness (QED) is 0.869. The van der Waals surface area contributed by atoms with E-state index in [1.165, 1.54) is 0 Å². The highest BCUT2D eigenvalue weighted by atomic mass is 35.5. The Morgan fingerprint density at radius 3 is 2.71 bits per heavy atom. The van der Waals surface area contributed by atoms with Crippen molar-refractivity contribution in [2.45, 2.75) is 12.5 Å². The maximum absolute atomic E-state index is 11.8. The normalized spacial score (nSPS) is 25.1. The molecule has 1 saturated heterocycles. The number of hydrogen-bond acceptors (Lipinski definition) is 3. The minimum Gasteiger partial charge on any atom is -0.362 e. The molecule has 1 unspecified atom stereocenters. The van der Waals surface area contributed by atoms with Crippen molar-refractivity contribution < 1.29 is 9.53 Å². The molecule has 1 fully saturated rings. The lowest BCUT2D eigenvalue weighted by Crippen LogP contribution is -2.56. The summed E-state index contributed by atoms with van der Waals surface area (Å²) in [7, 11) is 0. The average molecular weight is 255 g/mol. The second kappa shape index (κ2) is 4.64. The van der Waals surface area contributed by atoms with Crippen LogP contribution in [0.3, 0.4) is 0 Å². The summed E-state index contributed by atoms with van der Waals surface area (Å²) in [5.41, 5.74) is 6.01. The summed E-state index contributed by atoms with van der Waals surface area (Å²) in [5.74, 6) is -0.0572. The number of anilines is 1. The summed E-state index contributed by atoms with van der Waals surface area (Å²) >= 11 is 5.82. The summed E-state index contributed by atoms with van der Waals surface area (Å²) in [6.07, 6.45) is 0. The first-order valence-corrected chi connectivity index (χ1v) is 5.82. The number of hydrogen-bond donors (Lipinski definition) is 1. The molecule has 1 aliphatic heterocycles. The molecule has 1 heterocycles. The van der Waals surface area contributed by atoms with Crippen LogP contribution in [0.5, 0.6) is 0 Å². The highest BCUT2D eigenvalue weighted by Gasteiger charge is 2.35. The van der Waals surface area contributed by atoms with E-state index >= 15 is 0 Å². The van der Waals surface area contributed by atoms with Crippen molar-refractivity contribution in [2.75, 3.05) is 24.6 Å².